The third-order valence-corrected chi connectivity index (χ3v) is 4.94. The van der Waals surface area contributed by atoms with E-state index in [2.05, 4.69) is 0 Å². The van der Waals surface area contributed by atoms with Gasteiger partial charge in [0.25, 0.3) is 0 Å². The minimum atomic E-state index is 1.32. The van der Waals surface area contributed by atoms with E-state index in [1.54, 1.807) is 12.1 Å². The Balaban J connectivity index is 2.04. The Kier molecular flexibility index (Phi) is 2.73. The zero-order chi connectivity index (χ0) is 4.95. The van der Waals surface area contributed by atoms with Crippen molar-refractivity contribution in [1.82, 2.24) is 0 Å². The molecule has 0 N–H and O–H groups in total. The van der Waals surface area contributed by atoms with Gasteiger partial charge >= 0.3 is 0 Å². The van der Waals surface area contributed by atoms with Crippen LogP contribution in [0, 0.1) is 0 Å². The molecule has 0 aromatic heterocycles. The van der Waals surface area contributed by atoms with Gasteiger partial charge in [-0.3, -0.25) is 0 Å². The zero-order valence-corrected chi connectivity index (χ0v) is 6.54. The molecule has 0 amide bonds. The third kappa shape index (κ3) is 2.29. The van der Waals surface area contributed by atoms with Crippen molar-refractivity contribution >= 4 is 18.1 Å². The largest absolute Gasteiger partial charge is 0.0638 e. The molecule has 0 unspecified atom stereocenters. The summed E-state index contributed by atoms with van der Waals surface area (Å²) in [7, 11) is 2.65. The lowest BCUT2D eigenvalue weighted by molar-refractivity contribution is 0.775. The smallest absolute Gasteiger partial charge is 0.0222 e. The maximum atomic E-state index is 1.54. The summed E-state index contributed by atoms with van der Waals surface area (Å²) in [5.41, 5.74) is 0. The van der Waals surface area contributed by atoms with Crippen LogP contribution in [0.4, 0.5) is 0 Å². The van der Waals surface area contributed by atoms with E-state index in [1.165, 1.54) is 37.3 Å². The topological polar surface area (TPSA) is 0 Å². The summed E-state index contributed by atoms with van der Waals surface area (Å²) in [5.74, 6) is 0. The van der Waals surface area contributed by atoms with Gasteiger partial charge in [-0.1, -0.05) is 31.4 Å². The van der Waals surface area contributed by atoms with Gasteiger partial charge in [-0.25, -0.2) is 0 Å². The molecule has 2 heteroatoms. The average molecular weight is 126 g/mol. The van der Waals surface area contributed by atoms with Gasteiger partial charge in [0.15, 0.2) is 0 Å². The molecule has 1 aliphatic heterocycles. The van der Waals surface area contributed by atoms with Crippen molar-refractivity contribution in [2.45, 2.75) is 31.4 Å². The standard InChI is InChI=1S/C5H10Si2/c1-2-4-6-7-5-3-1/h1-5H2. The Morgan fingerprint density at radius 3 is 1.86 bits per heavy atom. The molecular weight excluding hydrogens is 116 g/mol. The van der Waals surface area contributed by atoms with E-state index < -0.39 is 0 Å². The van der Waals surface area contributed by atoms with Gasteiger partial charge in [0.05, 0.1) is 0 Å². The Morgan fingerprint density at radius 2 is 1.29 bits per heavy atom. The van der Waals surface area contributed by atoms with Gasteiger partial charge in [-0.2, -0.15) is 0 Å². The highest BCUT2D eigenvalue weighted by Crippen LogP contribution is 2.06. The molecule has 0 bridgehead atoms. The third-order valence-electron chi connectivity index (χ3n) is 1.23. The Morgan fingerprint density at radius 1 is 0.714 bits per heavy atom. The Labute approximate surface area is 50.1 Å². The summed E-state index contributed by atoms with van der Waals surface area (Å²) in [6.07, 6.45) is 4.55. The van der Waals surface area contributed by atoms with Crippen LogP contribution in [0.5, 0.6) is 0 Å². The van der Waals surface area contributed by atoms with E-state index in [1.807, 2.05) is 0 Å². The lowest BCUT2D eigenvalue weighted by Gasteiger charge is -1.86. The first-order valence-corrected chi connectivity index (χ1v) is 6.37. The van der Waals surface area contributed by atoms with Crippen LogP contribution >= 0.6 is 0 Å². The Bertz CT molecular complexity index is 25.7. The van der Waals surface area contributed by atoms with E-state index >= 15 is 0 Å². The van der Waals surface area contributed by atoms with Crippen LogP contribution in [0.25, 0.3) is 0 Å². The predicted molar refractivity (Wildman–Crippen MR) is 35.0 cm³/mol. The second kappa shape index (κ2) is 3.44. The maximum Gasteiger partial charge on any atom is 0.0222 e. The minimum absolute atomic E-state index is 1.32. The molecule has 0 atom stereocenters. The number of rotatable bonds is 0. The molecule has 0 spiro atoms. The summed E-state index contributed by atoms with van der Waals surface area (Å²) >= 11 is 0. The highest BCUT2D eigenvalue weighted by molar-refractivity contribution is 7.00. The summed E-state index contributed by atoms with van der Waals surface area (Å²) in [6, 6.07) is 3.08. The first-order valence-electron chi connectivity index (χ1n) is 2.96. The average Bonchev–Trinajstić information content (AvgIpc) is 1.90. The van der Waals surface area contributed by atoms with Crippen LogP contribution in [0.15, 0.2) is 0 Å². The molecule has 1 heterocycles. The van der Waals surface area contributed by atoms with E-state index in [0.717, 1.165) is 0 Å². The van der Waals surface area contributed by atoms with Crippen LogP contribution in [0.1, 0.15) is 19.3 Å². The molecule has 1 aliphatic rings. The van der Waals surface area contributed by atoms with Crippen molar-refractivity contribution < 1.29 is 0 Å². The van der Waals surface area contributed by atoms with Gasteiger partial charge in [-0.05, 0) is 0 Å². The molecular formula is C5H10Si2. The lowest BCUT2D eigenvalue weighted by Crippen LogP contribution is -1.97. The van der Waals surface area contributed by atoms with E-state index in [-0.39, 0.29) is 0 Å². The van der Waals surface area contributed by atoms with E-state index in [4.69, 9.17) is 0 Å². The van der Waals surface area contributed by atoms with Crippen molar-refractivity contribution in [3.63, 3.8) is 0 Å². The molecule has 0 aromatic rings. The van der Waals surface area contributed by atoms with Crippen LogP contribution < -0.4 is 0 Å². The summed E-state index contributed by atoms with van der Waals surface area (Å²) in [6.45, 7) is 0. The molecule has 1 fully saturated rings. The van der Waals surface area contributed by atoms with Crippen molar-refractivity contribution in [2.75, 3.05) is 0 Å². The van der Waals surface area contributed by atoms with Crippen LogP contribution in [-0.2, 0) is 0 Å². The zero-order valence-electron chi connectivity index (χ0n) is 4.54. The van der Waals surface area contributed by atoms with Crippen LogP contribution in [-0.4, -0.2) is 18.1 Å². The number of hydrogen-bond donors (Lipinski definition) is 0. The summed E-state index contributed by atoms with van der Waals surface area (Å²) in [5, 5.41) is 0. The lowest BCUT2D eigenvalue weighted by atomic mass is 10.3. The number of hydrogen-bond acceptors (Lipinski definition) is 0. The first kappa shape index (κ1) is 5.57. The van der Waals surface area contributed by atoms with Crippen LogP contribution in [0.2, 0.25) is 12.1 Å². The second-order valence-corrected chi connectivity index (χ2v) is 5.74. The van der Waals surface area contributed by atoms with Gasteiger partial charge in [0.2, 0.25) is 0 Å². The summed E-state index contributed by atoms with van der Waals surface area (Å²) < 4.78 is 0. The highest BCUT2D eigenvalue weighted by atomic mass is 29.1. The molecule has 1 rings (SSSR count). The highest BCUT2D eigenvalue weighted by Gasteiger charge is 1.97. The van der Waals surface area contributed by atoms with Crippen LogP contribution in [0.3, 0.4) is 0 Å². The molecule has 7 heavy (non-hydrogen) atoms. The first-order chi connectivity index (χ1) is 3.50. The fourth-order valence-corrected chi connectivity index (χ4v) is 4.11. The maximum absolute atomic E-state index is 1.54. The molecule has 4 radical (unpaired) electrons. The summed E-state index contributed by atoms with van der Waals surface area (Å²) in [4.78, 5) is 0. The van der Waals surface area contributed by atoms with Gasteiger partial charge in [-0.15, -0.1) is 0 Å². The monoisotopic (exact) mass is 126 g/mol. The fraction of sp³-hybridized carbons (Fsp3) is 1.00. The Hall–Kier alpha value is 0.434. The molecule has 0 nitrogen and oxygen atoms in total. The van der Waals surface area contributed by atoms with E-state index in [9.17, 15) is 0 Å². The van der Waals surface area contributed by atoms with Gasteiger partial charge < -0.3 is 0 Å². The predicted octanol–water partition coefficient (Wildman–Crippen LogP) is 1.33. The SMILES string of the molecule is C1CC[Si][Si]CC1. The molecule has 0 saturated carbocycles. The molecule has 38 valence electrons. The normalized spacial score (nSPS) is 24.0. The fourth-order valence-electron chi connectivity index (χ4n) is 0.780. The van der Waals surface area contributed by atoms with Crippen molar-refractivity contribution in [3.05, 3.63) is 0 Å². The molecule has 1 saturated heterocycles. The van der Waals surface area contributed by atoms with Crippen molar-refractivity contribution in [2.24, 2.45) is 0 Å². The quantitative estimate of drug-likeness (QED) is 0.430. The van der Waals surface area contributed by atoms with E-state index in [0.29, 0.717) is 0 Å². The van der Waals surface area contributed by atoms with Crippen molar-refractivity contribution in [3.8, 4) is 0 Å². The van der Waals surface area contributed by atoms with Gasteiger partial charge in [0.1, 0.15) is 0 Å². The molecule has 0 aromatic carbocycles. The van der Waals surface area contributed by atoms with Crippen molar-refractivity contribution in [1.29, 1.82) is 0 Å². The minimum Gasteiger partial charge on any atom is -0.0638 e. The van der Waals surface area contributed by atoms with Gasteiger partial charge in [0, 0.05) is 18.1 Å². The second-order valence-electron chi connectivity index (χ2n) is 1.91. The molecule has 0 aliphatic carbocycles.